The summed E-state index contributed by atoms with van der Waals surface area (Å²) in [5, 5.41) is 18.7. The minimum atomic E-state index is -1.17. The van der Waals surface area contributed by atoms with Gasteiger partial charge in [0, 0.05) is 17.3 Å². The number of hydrogen-bond donors (Lipinski definition) is 2. The molecular formula is C13H8FN5O2S. The molecule has 0 aliphatic rings. The number of nitrogens with one attached hydrogen (secondary N) is 1. The lowest BCUT2D eigenvalue weighted by atomic mass is 10.2. The smallest absolute Gasteiger partial charge is 0.359 e. The molecule has 0 amide bonds. The highest BCUT2D eigenvalue weighted by Crippen LogP contribution is 2.28. The molecule has 0 unspecified atom stereocenters. The van der Waals surface area contributed by atoms with Gasteiger partial charge in [-0.15, -0.1) is 5.10 Å². The second-order valence-corrected chi connectivity index (χ2v) is 5.20. The Kier molecular flexibility index (Phi) is 3.79. The maximum atomic E-state index is 13.6. The van der Waals surface area contributed by atoms with Crippen molar-refractivity contribution in [2.45, 2.75) is 9.92 Å². The number of aromatic nitrogens is 5. The van der Waals surface area contributed by atoms with E-state index in [1.807, 2.05) is 0 Å². The first-order chi connectivity index (χ1) is 10.6. The van der Waals surface area contributed by atoms with Gasteiger partial charge >= 0.3 is 5.97 Å². The number of carboxylic acid groups (broad SMARTS) is 1. The van der Waals surface area contributed by atoms with Crippen molar-refractivity contribution in [3.05, 3.63) is 48.3 Å². The van der Waals surface area contributed by atoms with Crippen LogP contribution >= 0.6 is 11.8 Å². The minimum Gasteiger partial charge on any atom is -0.476 e. The minimum absolute atomic E-state index is 0.160. The number of carboxylic acids is 1. The van der Waals surface area contributed by atoms with Gasteiger partial charge in [-0.1, -0.05) is 17.0 Å². The molecule has 3 heterocycles. The SMILES string of the molecule is O=C(O)c1nn[nH]c1Sc1ccc(-c2cccnc2F)nc1. The maximum absolute atomic E-state index is 13.6. The zero-order chi connectivity index (χ0) is 15.5. The third-order valence-corrected chi connectivity index (χ3v) is 3.68. The van der Waals surface area contributed by atoms with E-state index in [2.05, 4.69) is 25.4 Å². The van der Waals surface area contributed by atoms with Crippen LogP contribution in [-0.2, 0) is 0 Å². The molecule has 22 heavy (non-hydrogen) atoms. The van der Waals surface area contributed by atoms with E-state index in [0.29, 0.717) is 21.2 Å². The van der Waals surface area contributed by atoms with Crippen LogP contribution in [0.25, 0.3) is 11.3 Å². The predicted octanol–water partition coefficient (Wildman–Crippen LogP) is 2.25. The van der Waals surface area contributed by atoms with Gasteiger partial charge in [-0.25, -0.2) is 9.78 Å². The first-order valence-corrected chi connectivity index (χ1v) is 6.86. The fraction of sp³-hybridized carbons (Fsp3) is 0. The summed E-state index contributed by atoms with van der Waals surface area (Å²) in [5.74, 6) is -1.76. The molecule has 0 aliphatic heterocycles. The van der Waals surface area contributed by atoms with E-state index in [9.17, 15) is 9.18 Å². The molecule has 3 aromatic rings. The van der Waals surface area contributed by atoms with E-state index in [4.69, 9.17) is 5.11 Å². The Labute approximate surface area is 127 Å². The molecule has 0 bridgehead atoms. The summed E-state index contributed by atoms with van der Waals surface area (Å²) in [6, 6.07) is 6.54. The second kappa shape index (κ2) is 5.90. The van der Waals surface area contributed by atoms with Gasteiger partial charge in [0.15, 0.2) is 0 Å². The third kappa shape index (κ3) is 2.79. The molecule has 3 aromatic heterocycles. The third-order valence-electron chi connectivity index (χ3n) is 2.71. The normalized spacial score (nSPS) is 10.6. The van der Waals surface area contributed by atoms with Crippen molar-refractivity contribution in [2.75, 3.05) is 0 Å². The number of nitrogens with zero attached hydrogens (tertiary/aromatic N) is 4. The highest BCUT2D eigenvalue weighted by molar-refractivity contribution is 7.99. The zero-order valence-corrected chi connectivity index (χ0v) is 11.7. The van der Waals surface area contributed by atoms with Crippen molar-refractivity contribution in [1.82, 2.24) is 25.4 Å². The van der Waals surface area contributed by atoms with Gasteiger partial charge in [0.2, 0.25) is 11.6 Å². The maximum Gasteiger partial charge on any atom is 0.359 e. The Hall–Kier alpha value is -2.81. The van der Waals surface area contributed by atoms with E-state index < -0.39 is 11.9 Å². The Morgan fingerprint density at radius 3 is 2.82 bits per heavy atom. The summed E-state index contributed by atoms with van der Waals surface area (Å²) >= 11 is 1.12. The largest absolute Gasteiger partial charge is 0.476 e. The average Bonchev–Trinajstić information content (AvgIpc) is 2.97. The Balaban J connectivity index is 1.84. The number of carbonyl (C=O) groups is 1. The molecule has 0 saturated carbocycles. The summed E-state index contributed by atoms with van der Waals surface area (Å²) in [6.45, 7) is 0. The van der Waals surface area contributed by atoms with Gasteiger partial charge in [-0.3, -0.25) is 10.1 Å². The second-order valence-electron chi connectivity index (χ2n) is 4.12. The summed E-state index contributed by atoms with van der Waals surface area (Å²) in [7, 11) is 0. The molecule has 0 fully saturated rings. The lowest BCUT2D eigenvalue weighted by Crippen LogP contribution is -1.98. The lowest BCUT2D eigenvalue weighted by Gasteiger charge is -2.03. The molecular weight excluding hydrogens is 309 g/mol. The van der Waals surface area contributed by atoms with Crippen molar-refractivity contribution >= 4 is 17.7 Å². The van der Waals surface area contributed by atoms with Gasteiger partial charge in [0.25, 0.3) is 0 Å². The monoisotopic (exact) mass is 317 g/mol. The number of H-pyrrole nitrogens is 1. The van der Waals surface area contributed by atoms with Crippen molar-refractivity contribution < 1.29 is 14.3 Å². The molecule has 0 aromatic carbocycles. The summed E-state index contributed by atoms with van der Waals surface area (Å²) < 4.78 is 13.6. The molecule has 3 rings (SSSR count). The van der Waals surface area contributed by atoms with Crippen molar-refractivity contribution in [1.29, 1.82) is 0 Å². The Morgan fingerprint density at radius 2 is 2.14 bits per heavy atom. The summed E-state index contributed by atoms with van der Waals surface area (Å²) in [6.07, 6.45) is 2.88. The molecule has 7 nitrogen and oxygen atoms in total. The molecule has 9 heteroatoms. The number of aromatic amines is 1. The van der Waals surface area contributed by atoms with Crippen LogP contribution in [0.1, 0.15) is 10.5 Å². The molecule has 0 atom stereocenters. The first-order valence-electron chi connectivity index (χ1n) is 6.04. The van der Waals surface area contributed by atoms with E-state index >= 15 is 0 Å². The van der Waals surface area contributed by atoms with Crippen LogP contribution in [-0.4, -0.2) is 36.5 Å². The van der Waals surface area contributed by atoms with Crippen LogP contribution in [0.15, 0.2) is 46.6 Å². The Bertz CT molecular complexity index is 821. The quantitative estimate of drug-likeness (QED) is 0.711. The summed E-state index contributed by atoms with van der Waals surface area (Å²) in [4.78, 5) is 19.4. The van der Waals surface area contributed by atoms with E-state index in [1.54, 1.807) is 24.3 Å². The van der Waals surface area contributed by atoms with Crippen molar-refractivity contribution in [3.63, 3.8) is 0 Å². The highest BCUT2D eigenvalue weighted by Gasteiger charge is 2.16. The van der Waals surface area contributed by atoms with Gasteiger partial charge in [0.1, 0.15) is 5.03 Å². The van der Waals surface area contributed by atoms with E-state index in [1.165, 1.54) is 12.4 Å². The van der Waals surface area contributed by atoms with Crippen LogP contribution in [0.3, 0.4) is 0 Å². The number of rotatable bonds is 4. The number of hydrogen-bond acceptors (Lipinski definition) is 6. The van der Waals surface area contributed by atoms with Crippen LogP contribution < -0.4 is 0 Å². The predicted molar refractivity (Wildman–Crippen MR) is 74.9 cm³/mol. The number of halogens is 1. The molecule has 0 spiro atoms. The van der Waals surface area contributed by atoms with Crippen LogP contribution in [0.4, 0.5) is 4.39 Å². The molecule has 2 N–H and O–H groups in total. The van der Waals surface area contributed by atoms with Gasteiger partial charge in [0.05, 0.1) is 11.3 Å². The average molecular weight is 317 g/mol. The fourth-order valence-corrected chi connectivity index (χ4v) is 2.51. The van der Waals surface area contributed by atoms with E-state index in [-0.39, 0.29) is 5.69 Å². The van der Waals surface area contributed by atoms with E-state index in [0.717, 1.165) is 11.8 Å². The molecule has 110 valence electrons. The van der Waals surface area contributed by atoms with Crippen molar-refractivity contribution in [2.24, 2.45) is 0 Å². The van der Waals surface area contributed by atoms with Gasteiger partial charge in [-0.2, -0.15) is 4.39 Å². The summed E-state index contributed by atoms with van der Waals surface area (Å²) in [5.41, 5.74) is 0.581. The van der Waals surface area contributed by atoms with Crippen LogP contribution in [0.5, 0.6) is 0 Å². The Morgan fingerprint density at radius 1 is 1.27 bits per heavy atom. The van der Waals surface area contributed by atoms with Gasteiger partial charge < -0.3 is 5.11 Å². The first kappa shape index (κ1) is 14.1. The molecule has 0 radical (unpaired) electrons. The fourth-order valence-electron chi connectivity index (χ4n) is 1.72. The van der Waals surface area contributed by atoms with Gasteiger partial charge in [-0.05, 0) is 24.3 Å². The van der Waals surface area contributed by atoms with Crippen molar-refractivity contribution in [3.8, 4) is 11.3 Å². The van der Waals surface area contributed by atoms with Crippen LogP contribution in [0.2, 0.25) is 0 Å². The highest BCUT2D eigenvalue weighted by atomic mass is 32.2. The zero-order valence-electron chi connectivity index (χ0n) is 10.9. The number of pyridine rings is 2. The topological polar surface area (TPSA) is 105 Å². The standard InChI is InChI=1S/C13H8FN5O2S/c14-11-8(2-1-5-15-11)9-4-3-7(6-16-9)22-12-10(13(20)21)17-19-18-12/h1-6H,(H,20,21)(H,17,18,19). The molecule has 0 aliphatic carbocycles. The van der Waals surface area contributed by atoms with Crippen LogP contribution in [0, 0.1) is 5.95 Å². The molecule has 0 saturated heterocycles. The number of aromatic carboxylic acids is 1. The lowest BCUT2D eigenvalue weighted by molar-refractivity contribution is 0.0686.